The van der Waals surface area contributed by atoms with E-state index in [0.717, 1.165) is 5.46 Å². The van der Waals surface area contributed by atoms with Crippen LogP contribution in [-0.4, -0.2) is 18.3 Å². The second kappa shape index (κ2) is 9.02. The van der Waals surface area contributed by atoms with Crippen molar-refractivity contribution in [1.29, 1.82) is 0 Å². The van der Waals surface area contributed by atoms with Crippen LogP contribution in [0.4, 0.5) is 0 Å². The van der Waals surface area contributed by atoms with Gasteiger partial charge < -0.3 is 9.31 Å². The van der Waals surface area contributed by atoms with E-state index >= 15 is 0 Å². The zero-order valence-corrected chi connectivity index (χ0v) is 21.9. The van der Waals surface area contributed by atoms with Gasteiger partial charge >= 0.3 is 7.12 Å². The van der Waals surface area contributed by atoms with Crippen LogP contribution in [0, 0.1) is 0 Å². The Morgan fingerprint density at radius 3 is 1.62 bits per heavy atom. The van der Waals surface area contributed by atoms with Gasteiger partial charge in [-0.2, -0.15) is 0 Å². The van der Waals surface area contributed by atoms with E-state index in [1.54, 1.807) is 0 Å². The van der Waals surface area contributed by atoms with Gasteiger partial charge in [0, 0.05) is 0 Å². The first-order valence-electron chi connectivity index (χ1n) is 13.0. The summed E-state index contributed by atoms with van der Waals surface area (Å²) in [5.41, 5.74) is 7.68. The minimum absolute atomic E-state index is 0.348. The van der Waals surface area contributed by atoms with Crippen molar-refractivity contribution in [2.75, 3.05) is 0 Å². The van der Waals surface area contributed by atoms with Crippen LogP contribution in [0.15, 0.2) is 115 Å². The van der Waals surface area contributed by atoms with Gasteiger partial charge in [-0.3, -0.25) is 0 Å². The normalized spacial score (nSPS) is 16.3. The summed E-state index contributed by atoms with van der Waals surface area (Å²) in [6, 6.07) is 41.2. The van der Waals surface area contributed by atoms with Gasteiger partial charge in [-0.05, 0) is 89.4 Å². The molecule has 1 fully saturated rings. The van der Waals surface area contributed by atoms with E-state index in [2.05, 4.69) is 143 Å². The zero-order chi connectivity index (χ0) is 25.6. The lowest BCUT2D eigenvalue weighted by Crippen LogP contribution is -2.41. The van der Waals surface area contributed by atoms with Gasteiger partial charge in [-0.15, -0.1) is 0 Å². The number of rotatable bonds is 4. The molecule has 0 spiro atoms. The van der Waals surface area contributed by atoms with Gasteiger partial charge in [0.2, 0.25) is 0 Å². The molecule has 0 aromatic heterocycles. The number of fused-ring (bicyclic) bond motifs is 1. The Bertz CT molecular complexity index is 1560. The molecule has 5 aromatic carbocycles. The lowest BCUT2D eigenvalue weighted by atomic mass is 9.78. The number of hydrogen-bond acceptors (Lipinski definition) is 2. The van der Waals surface area contributed by atoms with Gasteiger partial charge in [0.15, 0.2) is 0 Å². The Morgan fingerprint density at radius 1 is 0.459 bits per heavy atom. The van der Waals surface area contributed by atoms with Crippen molar-refractivity contribution in [1.82, 2.24) is 0 Å². The summed E-state index contributed by atoms with van der Waals surface area (Å²) in [4.78, 5) is 0. The average Bonchev–Trinajstić information content (AvgIpc) is 3.15. The highest BCUT2D eigenvalue weighted by molar-refractivity contribution is 6.62. The van der Waals surface area contributed by atoms with Gasteiger partial charge in [0.25, 0.3) is 0 Å². The molecule has 1 aliphatic heterocycles. The molecule has 0 radical (unpaired) electrons. The summed E-state index contributed by atoms with van der Waals surface area (Å²) >= 11 is 0. The molecule has 1 aliphatic rings. The van der Waals surface area contributed by atoms with Crippen LogP contribution in [0.3, 0.4) is 0 Å². The molecule has 0 saturated carbocycles. The van der Waals surface area contributed by atoms with Crippen molar-refractivity contribution < 1.29 is 9.31 Å². The first-order chi connectivity index (χ1) is 17.8. The fraction of sp³-hybridized carbons (Fsp3) is 0.176. The van der Waals surface area contributed by atoms with E-state index in [9.17, 15) is 0 Å². The molecule has 6 rings (SSSR count). The predicted molar refractivity (Wildman–Crippen MR) is 156 cm³/mol. The van der Waals surface area contributed by atoms with E-state index in [0.29, 0.717) is 0 Å². The summed E-state index contributed by atoms with van der Waals surface area (Å²) in [6.07, 6.45) is 0. The van der Waals surface area contributed by atoms with Crippen LogP contribution in [0.25, 0.3) is 44.2 Å². The molecule has 0 amide bonds. The minimum Gasteiger partial charge on any atom is -0.399 e. The van der Waals surface area contributed by atoms with Crippen molar-refractivity contribution in [3.05, 3.63) is 115 Å². The highest BCUT2D eigenvalue weighted by atomic mass is 16.7. The molecule has 0 N–H and O–H groups in total. The van der Waals surface area contributed by atoms with Crippen LogP contribution in [0.1, 0.15) is 27.7 Å². The van der Waals surface area contributed by atoms with Crippen molar-refractivity contribution in [3.8, 4) is 33.4 Å². The van der Waals surface area contributed by atoms with Crippen LogP contribution in [0.5, 0.6) is 0 Å². The van der Waals surface area contributed by atoms with E-state index in [4.69, 9.17) is 9.31 Å². The minimum atomic E-state index is -0.354. The van der Waals surface area contributed by atoms with Crippen molar-refractivity contribution in [3.63, 3.8) is 0 Å². The fourth-order valence-corrected chi connectivity index (χ4v) is 5.02. The van der Waals surface area contributed by atoms with Crippen LogP contribution in [0.2, 0.25) is 0 Å². The van der Waals surface area contributed by atoms with Crippen LogP contribution >= 0.6 is 0 Å². The van der Waals surface area contributed by atoms with Crippen LogP contribution < -0.4 is 5.46 Å². The summed E-state index contributed by atoms with van der Waals surface area (Å²) in [6.45, 7) is 8.36. The maximum atomic E-state index is 6.27. The number of benzene rings is 5. The molecule has 0 aliphatic carbocycles. The molecule has 1 saturated heterocycles. The Labute approximate surface area is 220 Å². The molecular formula is C34H31BO2. The Hall–Kier alpha value is -3.66. The summed E-state index contributed by atoms with van der Waals surface area (Å²) in [7, 11) is -0.354. The summed E-state index contributed by atoms with van der Waals surface area (Å²) in [5, 5.41) is 2.38. The molecule has 0 unspecified atom stereocenters. The van der Waals surface area contributed by atoms with Crippen molar-refractivity contribution in [2.45, 2.75) is 38.9 Å². The summed E-state index contributed by atoms with van der Waals surface area (Å²) < 4.78 is 12.5. The summed E-state index contributed by atoms with van der Waals surface area (Å²) in [5.74, 6) is 0. The predicted octanol–water partition coefficient (Wildman–Crippen LogP) is 8.14. The Balaban J connectivity index is 1.38. The quantitative estimate of drug-likeness (QED) is 0.241. The maximum absolute atomic E-state index is 6.27. The Kier molecular flexibility index (Phi) is 5.79. The molecular weight excluding hydrogens is 451 g/mol. The highest BCUT2D eigenvalue weighted by Crippen LogP contribution is 2.38. The monoisotopic (exact) mass is 482 g/mol. The van der Waals surface area contributed by atoms with E-state index in [1.807, 2.05) is 0 Å². The average molecular weight is 482 g/mol. The zero-order valence-electron chi connectivity index (χ0n) is 21.9. The number of hydrogen-bond donors (Lipinski definition) is 0. The largest absolute Gasteiger partial charge is 0.494 e. The SMILES string of the molecule is CC1(C)OB(c2ccc3cc(-c4ccc(-c5ccccc5)c(-c5ccccc5)c4)ccc3c2)OC1(C)C. The van der Waals surface area contributed by atoms with Crippen LogP contribution in [-0.2, 0) is 9.31 Å². The van der Waals surface area contributed by atoms with Gasteiger partial charge in [0.1, 0.15) is 0 Å². The molecule has 1 heterocycles. The third-order valence-corrected chi connectivity index (χ3v) is 7.91. The maximum Gasteiger partial charge on any atom is 0.494 e. The standard InChI is InChI=1S/C34H31BO2/c1-33(2)34(3,4)37-35(36-33)30-19-17-27-21-26(15-16-28(27)22-30)29-18-20-31(24-11-7-5-8-12-24)32(23-29)25-13-9-6-10-14-25/h5-23H,1-4H3. The van der Waals surface area contributed by atoms with Gasteiger partial charge in [0.05, 0.1) is 11.2 Å². The smallest absolute Gasteiger partial charge is 0.399 e. The first kappa shape index (κ1) is 23.7. The van der Waals surface area contributed by atoms with Crippen molar-refractivity contribution in [2.24, 2.45) is 0 Å². The van der Waals surface area contributed by atoms with Crippen molar-refractivity contribution >= 4 is 23.4 Å². The van der Waals surface area contributed by atoms with Gasteiger partial charge in [-0.25, -0.2) is 0 Å². The first-order valence-corrected chi connectivity index (χ1v) is 13.0. The van der Waals surface area contributed by atoms with E-state index in [-0.39, 0.29) is 18.3 Å². The molecule has 37 heavy (non-hydrogen) atoms. The molecule has 182 valence electrons. The second-order valence-electron chi connectivity index (χ2n) is 10.9. The topological polar surface area (TPSA) is 18.5 Å². The van der Waals surface area contributed by atoms with Gasteiger partial charge in [-0.1, -0.05) is 103 Å². The van der Waals surface area contributed by atoms with E-state index < -0.39 is 0 Å². The molecule has 0 bridgehead atoms. The third kappa shape index (κ3) is 4.39. The highest BCUT2D eigenvalue weighted by Gasteiger charge is 2.51. The molecule has 0 atom stereocenters. The van der Waals surface area contributed by atoms with E-state index in [1.165, 1.54) is 44.2 Å². The Morgan fingerprint density at radius 2 is 0.973 bits per heavy atom. The lowest BCUT2D eigenvalue weighted by molar-refractivity contribution is 0.00578. The second-order valence-corrected chi connectivity index (χ2v) is 10.9. The lowest BCUT2D eigenvalue weighted by Gasteiger charge is -2.32. The molecule has 2 nitrogen and oxygen atoms in total. The third-order valence-electron chi connectivity index (χ3n) is 7.91. The molecule has 3 heteroatoms. The molecule has 5 aromatic rings. The fourth-order valence-electron chi connectivity index (χ4n) is 5.02.